The Morgan fingerprint density at radius 1 is 1.42 bits per heavy atom. The summed E-state index contributed by atoms with van der Waals surface area (Å²) in [6.45, 7) is 3.00. The number of halogens is 1. The summed E-state index contributed by atoms with van der Waals surface area (Å²) in [5.74, 6) is 1.00. The molecule has 0 saturated carbocycles. The molecule has 0 aliphatic carbocycles. The molecule has 1 aliphatic rings. The van der Waals surface area contributed by atoms with Crippen LogP contribution in [0.3, 0.4) is 0 Å². The minimum atomic E-state index is 0.360. The molecule has 19 heavy (non-hydrogen) atoms. The number of hydrogen-bond donors (Lipinski definition) is 1. The second-order valence-electron chi connectivity index (χ2n) is 4.78. The van der Waals surface area contributed by atoms with Crippen molar-refractivity contribution in [1.29, 1.82) is 0 Å². The van der Waals surface area contributed by atoms with Gasteiger partial charge in [-0.3, -0.25) is 0 Å². The van der Waals surface area contributed by atoms with E-state index in [4.69, 9.17) is 4.74 Å². The van der Waals surface area contributed by atoms with Crippen molar-refractivity contribution in [3.63, 3.8) is 0 Å². The molecule has 1 aromatic heterocycles. The van der Waals surface area contributed by atoms with Gasteiger partial charge in [-0.15, -0.1) is 11.3 Å². The highest BCUT2D eigenvalue weighted by molar-refractivity contribution is 9.10. The Hall–Kier alpha value is -0.840. The van der Waals surface area contributed by atoms with Gasteiger partial charge in [0, 0.05) is 33.4 Å². The van der Waals surface area contributed by atoms with Crippen LogP contribution in [-0.2, 0) is 0 Å². The van der Waals surface area contributed by atoms with Crippen LogP contribution in [0.5, 0.6) is 5.75 Å². The summed E-state index contributed by atoms with van der Waals surface area (Å²) in [5, 5.41) is 5.84. The van der Waals surface area contributed by atoms with Crippen molar-refractivity contribution in [3.8, 4) is 5.75 Å². The summed E-state index contributed by atoms with van der Waals surface area (Å²) >= 11 is 5.34. The summed E-state index contributed by atoms with van der Waals surface area (Å²) in [5.41, 5.74) is 1.25. The monoisotopic (exact) mass is 337 g/mol. The highest BCUT2D eigenvalue weighted by atomic mass is 79.9. The molecule has 1 N–H and O–H groups in total. The van der Waals surface area contributed by atoms with Gasteiger partial charge < -0.3 is 10.1 Å². The largest absolute Gasteiger partial charge is 0.493 e. The third-order valence-electron chi connectivity index (χ3n) is 3.43. The minimum Gasteiger partial charge on any atom is -0.493 e. The van der Waals surface area contributed by atoms with Crippen LogP contribution in [0.4, 0.5) is 0 Å². The van der Waals surface area contributed by atoms with Gasteiger partial charge in [-0.1, -0.05) is 22.0 Å². The molecule has 100 valence electrons. The lowest BCUT2D eigenvalue weighted by Gasteiger charge is -2.29. The average molecular weight is 338 g/mol. The fraction of sp³-hybridized carbons (Fsp3) is 0.333. The molecule has 0 spiro atoms. The van der Waals surface area contributed by atoms with Crippen LogP contribution in [0.1, 0.15) is 35.9 Å². The Labute approximate surface area is 125 Å². The van der Waals surface area contributed by atoms with Crippen LogP contribution in [0.2, 0.25) is 0 Å². The van der Waals surface area contributed by atoms with Crippen molar-refractivity contribution >= 4 is 27.3 Å². The number of fused-ring (bicyclic) bond motifs is 1. The van der Waals surface area contributed by atoms with Gasteiger partial charge in [0.25, 0.3) is 0 Å². The summed E-state index contributed by atoms with van der Waals surface area (Å²) < 4.78 is 6.83. The van der Waals surface area contributed by atoms with E-state index in [9.17, 15) is 0 Å². The van der Waals surface area contributed by atoms with Gasteiger partial charge in [0.15, 0.2) is 0 Å². The molecule has 2 heterocycles. The second kappa shape index (κ2) is 5.65. The summed E-state index contributed by atoms with van der Waals surface area (Å²) in [7, 11) is 0. The molecule has 3 rings (SSSR count). The standard InChI is InChI=1S/C15H16BrNOS/c1-10(15-3-2-8-19-15)17-13-6-7-18-14-5-4-11(16)9-12(13)14/h2-5,8-10,13,17H,6-7H2,1H3. The normalized spacial score (nSPS) is 19.6. The smallest absolute Gasteiger partial charge is 0.124 e. The number of hydrogen-bond acceptors (Lipinski definition) is 3. The number of benzene rings is 1. The summed E-state index contributed by atoms with van der Waals surface area (Å²) in [6.07, 6.45) is 1.01. The molecule has 0 fully saturated rings. The average Bonchev–Trinajstić information content (AvgIpc) is 2.93. The third kappa shape index (κ3) is 2.86. The van der Waals surface area contributed by atoms with Crippen molar-refractivity contribution in [3.05, 3.63) is 50.6 Å². The predicted molar refractivity (Wildman–Crippen MR) is 82.9 cm³/mol. The maximum atomic E-state index is 5.72. The molecule has 1 aromatic carbocycles. The Bertz CT molecular complexity index is 555. The topological polar surface area (TPSA) is 21.3 Å². The molecule has 2 aromatic rings. The molecular weight excluding hydrogens is 322 g/mol. The first-order chi connectivity index (χ1) is 9.24. The fourth-order valence-electron chi connectivity index (χ4n) is 2.46. The van der Waals surface area contributed by atoms with E-state index < -0.39 is 0 Å². The van der Waals surface area contributed by atoms with E-state index in [0.717, 1.165) is 23.2 Å². The van der Waals surface area contributed by atoms with Gasteiger partial charge in [0.2, 0.25) is 0 Å². The van der Waals surface area contributed by atoms with Crippen LogP contribution in [0, 0.1) is 0 Å². The maximum absolute atomic E-state index is 5.72. The first-order valence-electron chi connectivity index (χ1n) is 6.46. The highest BCUT2D eigenvalue weighted by Gasteiger charge is 2.23. The van der Waals surface area contributed by atoms with E-state index in [1.54, 1.807) is 11.3 Å². The Kier molecular flexibility index (Phi) is 3.91. The van der Waals surface area contributed by atoms with Gasteiger partial charge in [-0.2, -0.15) is 0 Å². The fourth-order valence-corrected chi connectivity index (χ4v) is 3.58. The van der Waals surface area contributed by atoms with Gasteiger partial charge in [0.1, 0.15) is 5.75 Å². The molecule has 2 unspecified atom stereocenters. The highest BCUT2D eigenvalue weighted by Crippen LogP contribution is 2.35. The number of rotatable bonds is 3. The van der Waals surface area contributed by atoms with E-state index in [2.05, 4.69) is 51.7 Å². The van der Waals surface area contributed by atoms with Crippen LogP contribution in [0.25, 0.3) is 0 Å². The first kappa shape index (κ1) is 13.2. The lowest BCUT2D eigenvalue weighted by molar-refractivity contribution is 0.246. The quantitative estimate of drug-likeness (QED) is 0.877. The second-order valence-corrected chi connectivity index (χ2v) is 6.67. The summed E-state index contributed by atoms with van der Waals surface area (Å²) in [6, 6.07) is 11.3. The van der Waals surface area contributed by atoms with Crippen molar-refractivity contribution in [1.82, 2.24) is 5.32 Å². The summed E-state index contributed by atoms with van der Waals surface area (Å²) in [4.78, 5) is 1.38. The lowest BCUT2D eigenvalue weighted by Crippen LogP contribution is -2.29. The van der Waals surface area contributed by atoms with Gasteiger partial charge in [-0.05, 0) is 36.6 Å². The van der Waals surface area contributed by atoms with Crippen molar-refractivity contribution in [2.75, 3.05) is 6.61 Å². The van der Waals surface area contributed by atoms with Gasteiger partial charge >= 0.3 is 0 Å². The van der Waals surface area contributed by atoms with Crippen LogP contribution in [-0.4, -0.2) is 6.61 Å². The molecule has 0 saturated heterocycles. The molecule has 0 radical (unpaired) electrons. The minimum absolute atomic E-state index is 0.360. The molecule has 4 heteroatoms. The van der Waals surface area contributed by atoms with Crippen molar-refractivity contribution in [2.24, 2.45) is 0 Å². The molecule has 1 aliphatic heterocycles. The first-order valence-corrected chi connectivity index (χ1v) is 8.13. The third-order valence-corrected chi connectivity index (χ3v) is 4.98. The SMILES string of the molecule is CC(NC1CCOc2ccc(Br)cc21)c1cccs1. The number of ether oxygens (including phenoxy) is 1. The van der Waals surface area contributed by atoms with Crippen LogP contribution in [0.15, 0.2) is 40.2 Å². The van der Waals surface area contributed by atoms with E-state index in [-0.39, 0.29) is 0 Å². The molecule has 0 bridgehead atoms. The van der Waals surface area contributed by atoms with Crippen molar-refractivity contribution in [2.45, 2.75) is 25.4 Å². The maximum Gasteiger partial charge on any atom is 0.124 e. The van der Waals surface area contributed by atoms with Gasteiger partial charge in [0.05, 0.1) is 6.61 Å². The molecular formula is C15H16BrNOS. The van der Waals surface area contributed by atoms with E-state index in [1.165, 1.54) is 10.4 Å². The molecule has 2 nitrogen and oxygen atoms in total. The predicted octanol–water partition coefficient (Wildman–Crippen LogP) is 4.69. The molecule has 0 amide bonds. The lowest BCUT2D eigenvalue weighted by atomic mass is 9.99. The Balaban J connectivity index is 1.81. The van der Waals surface area contributed by atoms with E-state index in [0.29, 0.717) is 12.1 Å². The zero-order valence-electron chi connectivity index (χ0n) is 10.7. The Morgan fingerprint density at radius 3 is 3.11 bits per heavy atom. The van der Waals surface area contributed by atoms with Crippen LogP contribution < -0.4 is 10.1 Å². The zero-order chi connectivity index (χ0) is 13.2. The Morgan fingerprint density at radius 2 is 2.32 bits per heavy atom. The van der Waals surface area contributed by atoms with Gasteiger partial charge in [-0.25, -0.2) is 0 Å². The van der Waals surface area contributed by atoms with E-state index in [1.807, 2.05) is 12.1 Å². The number of thiophene rings is 1. The van der Waals surface area contributed by atoms with Crippen molar-refractivity contribution < 1.29 is 4.74 Å². The molecule has 2 atom stereocenters. The number of nitrogens with one attached hydrogen (secondary N) is 1. The zero-order valence-corrected chi connectivity index (χ0v) is 13.1. The van der Waals surface area contributed by atoms with Crippen LogP contribution >= 0.6 is 27.3 Å². The van der Waals surface area contributed by atoms with E-state index >= 15 is 0 Å².